The van der Waals surface area contributed by atoms with Crippen LogP contribution in [0.3, 0.4) is 0 Å². The fourth-order valence-electron chi connectivity index (χ4n) is 2.69. The molecule has 0 radical (unpaired) electrons. The first-order valence-corrected chi connectivity index (χ1v) is 9.45. The third-order valence-electron chi connectivity index (χ3n) is 3.85. The van der Waals surface area contributed by atoms with Gasteiger partial charge in [-0.2, -0.15) is 0 Å². The summed E-state index contributed by atoms with van der Waals surface area (Å²) in [6.07, 6.45) is 5.76. The molecular formula is C20H22N4OS. The third-order valence-corrected chi connectivity index (χ3v) is 4.70. The maximum atomic E-state index is 11.5. The van der Waals surface area contributed by atoms with Gasteiger partial charge >= 0.3 is 0 Å². The molecule has 0 aliphatic rings. The van der Waals surface area contributed by atoms with Gasteiger partial charge in [-0.1, -0.05) is 37.7 Å². The maximum Gasteiger partial charge on any atom is 0.181 e. The van der Waals surface area contributed by atoms with Crippen LogP contribution in [0.5, 0.6) is 0 Å². The van der Waals surface area contributed by atoms with Gasteiger partial charge in [0.25, 0.3) is 0 Å². The van der Waals surface area contributed by atoms with Crippen molar-refractivity contribution in [3.8, 4) is 0 Å². The number of benzene rings is 1. The number of Topliss-reactive ketones (excluding diaryl/α,β-unsaturated/α-hetero) is 1. The normalized spacial score (nSPS) is 10.7. The zero-order chi connectivity index (χ0) is 18.7. The van der Waals surface area contributed by atoms with Crippen molar-refractivity contribution >= 4 is 38.1 Å². The average molecular weight is 366 g/mol. The minimum absolute atomic E-state index is 0.0466. The van der Waals surface area contributed by atoms with E-state index in [4.69, 9.17) is 5.73 Å². The average Bonchev–Trinajstić information content (AvgIpc) is 3.17. The van der Waals surface area contributed by atoms with Gasteiger partial charge in [-0.05, 0) is 36.8 Å². The molecule has 4 aromatic rings. The van der Waals surface area contributed by atoms with Gasteiger partial charge in [-0.25, -0.2) is 9.97 Å². The SMILES string of the molecule is CC(=O)c1ccn2c(Cc3ccc4nc(N)sc4c3)cnc2c1.CCC. The van der Waals surface area contributed by atoms with Crippen LogP contribution in [0.1, 0.15) is 48.8 Å². The van der Waals surface area contributed by atoms with Crippen molar-refractivity contribution < 1.29 is 4.79 Å². The summed E-state index contributed by atoms with van der Waals surface area (Å²) in [5.74, 6) is 0.0466. The van der Waals surface area contributed by atoms with Crippen LogP contribution in [0.2, 0.25) is 0 Å². The second-order valence-corrected chi connectivity index (χ2v) is 7.25. The lowest BCUT2D eigenvalue weighted by Gasteiger charge is -2.03. The quantitative estimate of drug-likeness (QED) is 0.532. The molecule has 1 aromatic carbocycles. The lowest BCUT2D eigenvalue weighted by Crippen LogP contribution is -1.97. The molecule has 6 heteroatoms. The molecule has 4 rings (SSSR count). The number of pyridine rings is 1. The molecule has 0 aliphatic heterocycles. The standard InChI is InChI=1S/C17H14N4OS.C3H8/c1-10(22)12-4-5-21-13(9-19-16(21)8-12)6-11-2-3-14-15(7-11)23-17(18)20-14;1-3-2/h2-5,7-9H,6H2,1H3,(H2,18,20);3H2,1-2H3. The summed E-state index contributed by atoms with van der Waals surface area (Å²) in [5, 5.41) is 0.587. The van der Waals surface area contributed by atoms with Crippen molar-refractivity contribution in [2.75, 3.05) is 5.73 Å². The molecule has 0 bridgehead atoms. The number of carbonyl (C=O) groups is 1. The fourth-order valence-corrected chi connectivity index (χ4v) is 3.49. The number of nitrogens with zero attached hydrogens (tertiary/aromatic N) is 3. The molecule has 26 heavy (non-hydrogen) atoms. The molecule has 0 unspecified atom stereocenters. The molecule has 134 valence electrons. The second kappa shape index (κ2) is 7.66. The first-order chi connectivity index (χ1) is 12.5. The Bertz CT molecular complexity index is 1060. The van der Waals surface area contributed by atoms with Gasteiger partial charge in [0, 0.05) is 30.1 Å². The molecule has 0 saturated heterocycles. The molecule has 0 atom stereocenters. The summed E-state index contributed by atoms with van der Waals surface area (Å²) in [6, 6.07) is 9.82. The first kappa shape index (κ1) is 18.1. The fraction of sp³-hybridized carbons (Fsp3) is 0.250. The van der Waals surface area contributed by atoms with Crippen molar-refractivity contribution in [2.45, 2.75) is 33.6 Å². The number of hydrogen-bond donors (Lipinski definition) is 1. The molecule has 0 fully saturated rings. The van der Waals surface area contributed by atoms with Crippen LogP contribution in [0.4, 0.5) is 5.13 Å². The van der Waals surface area contributed by atoms with Gasteiger partial charge < -0.3 is 10.1 Å². The van der Waals surface area contributed by atoms with E-state index in [1.54, 1.807) is 6.92 Å². The summed E-state index contributed by atoms with van der Waals surface area (Å²) < 4.78 is 3.10. The van der Waals surface area contributed by atoms with E-state index in [0.717, 1.165) is 28.0 Å². The highest BCUT2D eigenvalue weighted by molar-refractivity contribution is 7.22. The molecule has 5 nitrogen and oxygen atoms in total. The number of nitrogen functional groups attached to an aromatic ring is 1. The maximum absolute atomic E-state index is 11.5. The van der Waals surface area contributed by atoms with Crippen molar-refractivity contribution in [2.24, 2.45) is 0 Å². The van der Waals surface area contributed by atoms with Crippen LogP contribution in [0.15, 0.2) is 42.7 Å². The lowest BCUT2D eigenvalue weighted by molar-refractivity contribution is 0.101. The van der Waals surface area contributed by atoms with Crippen LogP contribution in [0.25, 0.3) is 15.9 Å². The predicted molar refractivity (Wildman–Crippen MR) is 108 cm³/mol. The molecule has 0 aliphatic carbocycles. The number of aromatic nitrogens is 3. The second-order valence-electron chi connectivity index (χ2n) is 6.19. The Hall–Kier alpha value is -2.73. The van der Waals surface area contributed by atoms with Gasteiger partial charge in [-0.15, -0.1) is 0 Å². The summed E-state index contributed by atoms with van der Waals surface area (Å²) >= 11 is 1.49. The molecule has 0 amide bonds. The van der Waals surface area contributed by atoms with Gasteiger partial charge in [-0.3, -0.25) is 4.79 Å². The minimum atomic E-state index is 0.0466. The van der Waals surface area contributed by atoms with Crippen molar-refractivity contribution in [1.29, 1.82) is 0 Å². The van der Waals surface area contributed by atoms with Crippen LogP contribution in [-0.4, -0.2) is 20.2 Å². The monoisotopic (exact) mass is 366 g/mol. The predicted octanol–water partition coefficient (Wildman–Crippen LogP) is 4.74. The zero-order valence-electron chi connectivity index (χ0n) is 15.2. The van der Waals surface area contributed by atoms with Crippen molar-refractivity contribution in [3.63, 3.8) is 0 Å². The van der Waals surface area contributed by atoms with Gasteiger partial charge in [0.05, 0.1) is 10.2 Å². The van der Waals surface area contributed by atoms with Crippen LogP contribution >= 0.6 is 11.3 Å². The lowest BCUT2D eigenvalue weighted by atomic mass is 10.1. The Morgan fingerprint density at radius 3 is 2.73 bits per heavy atom. The Kier molecular flexibility index (Phi) is 5.32. The molecule has 0 saturated carbocycles. The number of nitrogens with two attached hydrogens (primary N) is 1. The largest absolute Gasteiger partial charge is 0.375 e. The Labute approximate surface area is 156 Å². The van der Waals surface area contributed by atoms with E-state index in [1.807, 2.05) is 35.0 Å². The van der Waals surface area contributed by atoms with E-state index < -0.39 is 0 Å². The Morgan fingerprint density at radius 2 is 2.00 bits per heavy atom. The van der Waals surface area contributed by atoms with Crippen molar-refractivity contribution in [1.82, 2.24) is 14.4 Å². The number of rotatable bonds is 3. The summed E-state index contributed by atoms with van der Waals surface area (Å²) in [4.78, 5) is 20.1. The zero-order valence-corrected chi connectivity index (χ0v) is 16.0. The van der Waals surface area contributed by atoms with Gasteiger partial charge in [0.2, 0.25) is 0 Å². The van der Waals surface area contributed by atoms with Gasteiger partial charge in [0.1, 0.15) is 5.65 Å². The van der Waals surface area contributed by atoms with E-state index in [-0.39, 0.29) is 5.78 Å². The van der Waals surface area contributed by atoms with E-state index in [0.29, 0.717) is 10.7 Å². The van der Waals surface area contributed by atoms with E-state index in [1.165, 1.54) is 23.3 Å². The van der Waals surface area contributed by atoms with Crippen LogP contribution in [0, 0.1) is 0 Å². The van der Waals surface area contributed by atoms with Crippen LogP contribution < -0.4 is 5.73 Å². The molecule has 3 aromatic heterocycles. The molecule has 0 spiro atoms. The van der Waals surface area contributed by atoms with E-state index in [2.05, 4.69) is 35.9 Å². The highest BCUT2D eigenvalue weighted by Gasteiger charge is 2.08. The molecular weight excluding hydrogens is 344 g/mol. The molecule has 2 N–H and O–H groups in total. The van der Waals surface area contributed by atoms with Crippen LogP contribution in [-0.2, 0) is 6.42 Å². The van der Waals surface area contributed by atoms with Crippen molar-refractivity contribution in [3.05, 3.63) is 59.5 Å². The number of thiazole rings is 1. The highest BCUT2D eigenvalue weighted by Crippen LogP contribution is 2.25. The number of hydrogen-bond acceptors (Lipinski definition) is 5. The van der Waals surface area contributed by atoms with E-state index in [9.17, 15) is 4.79 Å². The Balaban J connectivity index is 0.000000613. The Morgan fingerprint density at radius 1 is 1.23 bits per heavy atom. The number of carbonyl (C=O) groups excluding carboxylic acids is 1. The smallest absolute Gasteiger partial charge is 0.181 e. The number of anilines is 1. The van der Waals surface area contributed by atoms with E-state index >= 15 is 0 Å². The topological polar surface area (TPSA) is 73.3 Å². The number of ketones is 1. The summed E-state index contributed by atoms with van der Waals surface area (Å²) in [6.45, 7) is 5.81. The number of imidazole rings is 1. The first-order valence-electron chi connectivity index (χ1n) is 8.63. The number of fused-ring (bicyclic) bond motifs is 2. The minimum Gasteiger partial charge on any atom is -0.375 e. The summed E-state index contributed by atoms with van der Waals surface area (Å²) in [5.41, 5.74) is 10.4. The third kappa shape index (κ3) is 3.75. The van der Waals surface area contributed by atoms with Gasteiger partial charge in [0.15, 0.2) is 10.9 Å². The summed E-state index contributed by atoms with van der Waals surface area (Å²) in [7, 11) is 0. The molecule has 3 heterocycles. The highest BCUT2D eigenvalue weighted by atomic mass is 32.1.